The molecule has 0 spiro atoms. The molecular formula is C28H30N2O4S. The fourth-order valence-electron chi connectivity index (χ4n) is 4.63. The lowest BCUT2D eigenvalue weighted by molar-refractivity contribution is -0.384. The Morgan fingerprint density at radius 3 is 2.60 bits per heavy atom. The number of ether oxygens (including phenoxy) is 1. The van der Waals surface area contributed by atoms with E-state index in [-0.39, 0.29) is 22.5 Å². The molecule has 7 heteroatoms. The summed E-state index contributed by atoms with van der Waals surface area (Å²) in [4.78, 5) is 24.5. The third-order valence-electron chi connectivity index (χ3n) is 6.02. The number of nitro groups is 1. The summed E-state index contributed by atoms with van der Waals surface area (Å²) < 4.78 is 8.13. The van der Waals surface area contributed by atoms with Crippen molar-refractivity contribution in [2.24, 2.45) is 5.92 Å². The molecule has 0 saturated carbocycles. The highest BCUT2D eigenvalue weighted by molar-refractivity contribution is 7.99. The van der Waals surface area contributed by atoms with Gasteiger partial charge in [-0.25, -0.2) is 0 Å². The molecule has 35 heavy (non-hydrogen) atoms. The maximum atomic E-state index is 12.6. The number of esters is 1. The summed E-state index contributed by atoms with van der Waals surface area (Å²) in [5.74, 6) is 0.556. The zero-order chi connectivity index (χ0) is 25.1. The highest BCUT2D eigenvalue weighted by Crippen LogP contribution is 2.43. The Kier molecular flexibility index (Phi) is 7.45. The predicted octanol–water partition coefficient (Wildman–Crippen LogP) is 7.38. The second-order valence-electron chi connectivity index (χ2n) is 9.14. The van der Waals surface area contributed by atoms with Crippen LogP contribution in [0.1, 0.15) is 44.7 Å². The number of carbonyl (C=O) groups excluding carboxylic acids is 1. The minimum atomic E-state index is -0.367. The van der Waals surface area contributed by atoms with Crippen molar-refractivity contribution in [3.8, 4) is 5.75 Å². The summed E-state index contributed by atoms with van der Waals surface area (Å²) in [7, 11) is 0. The zero-order valence-electron chi connectivity index (χ0n) is 20.5. The van der Waals surface area contributed by atoms with E-state index in [2.05, 4.69) is 23.6 Å². The standard InChI is InChI=1S/C28H30N2O4S/c1-5-9-20-16-24(34-25(31)14-18(2)3)28(35-4)27-26(20)22-12-6-7-13-23(22)29(27)17-19-10-8-11-21(15-19)30(32)33/h6-8,10-13,15-16,18H,5,9,14,17H2,1-4H3. The Morgan fingerprint density at radius 2 is 1.91 bits per heavy atom. The van der Waals surface area contributed by atoms with Crippen LogP contribution in [-0.2, 0) is 17.8 Å². The molecule has 3 aromatic carbocycles. The molecule has 182 valence electrons. The van der Waals surface area contributed by atoms with Crippen LogP contribution in [0, 0.1) is 16.0 Å². The molecule has 1 heterocycles. The Balaban J connectivity index is 1.99. The summed E-state index contributed by atoms with van der Waals surface area (Å²) >= 11 is 1.55. The number of aromatic nitrogens is 1. The molecule has 0 fully saturated rings. The van der Waals surface area contributed by atoms with Crippen molar-refractivity contribution in [1.82, 2.24) is 4.57 Å². The van der Waals surface area contributed by atoms with Crippen molar-refractivity contribution in [2.45, 2.75) is 51.5 Å². The van der Waals surface area contributed by atoms with Gasteiger partial charge in [0.15, 0.2) is 0 Å². The van der Waals surface area contributed by atoms with Crippen LogP contribution in [0.4, 0.5) is 5.69 Å². The normalized spacial score (nSPS) is 11.5. The topological polar surface area (TPSA) is 74.4 Å². The van der Waals surface area contributed by atoms with Gasteiger partial charge in [-0.15, -0.1) is 11.8 Å². The van der Waals surface area contributed by atoms with Gasteiger partial charge in [0.25, 0.3) is 5.69 Å². The van der Waals surface area contributed by atoms with Crippen molar-refractivity contribution in [3.05, 3.63) is 75.8 Å². The molecular weight excluding hydrogens is 460 g/mol. The number of nitro benzene ring substituents is 1. The summed E-state index contributed by atoms with van der Waals surface area (Å²) in [6.07, 6.45) is 4.15. The van der Waals surface area contributed by atoms with Crippen LogP contribution in [0.15, 0.2) is 59.5 Å². The molecule has 0 unspecified atom stereocenters. The van der Waals surface area contributed by atoms with E-state index in [1.165, 1.54) is 6.07 Å². The van der Waals surface area contributed by atoms with Gasteiger partial charge in [-0.2, -0.15) is 0 Å². The first kappa shape index (κ1) is 24.8. The number of carbonyl (C=O) groups is 1. The fraction of sp³-hybridized carbons (Fsp3) is 0.321. The number of aryl methyl sites for hydroxylation is 1. The molecule has 0 amide bonds. The summed E-state index contributed by atoms with van der Waals surface area (Å²) in [6, 6.07) is 17.0. The minimum Gasteiger partial charge on any atom is -0.425 e. The number of thioether (sulfide) groups is 1. The van der Waals surface area contributed by atoms with Gasteiger partial charge < -0.3 is 9.30 Å². The summed E-state index contributed by atoms with van der Waals surface area (Å²) in [5.41, 5.74) is 4.11. The van der Waals surface area contributed by atoms with Gasteiger partial charge in [0.2, 0.25) is 0 Å². The van der Waals surface area contributed by atoms with Crippen LogP contribution < -0.4 is 4.74 Å². The molecule has 4 rings (SSSR count). The van der Waals surface area contributed by atoms with Crippen LogP contribution in [0.2, 0.25) is 0 Å². The monoisotopic (exact) mass is 490 g/mol. The highest BCUT2D eigenvalue weighted by Gasteiger charge is 2.23. The lowest BCUT2D eigenvalue weighted by atomic mass is 10.0. The minimum absolute atomic E-state index is 0.0725. The maximum absolute atomic E-state index is 12.6. The second kappa shape index (κ2) is 10.5. The number of fused-ring (bicyclic) bond motifs is 3. The lowest BCUT2D eigenvalue weighted by Crippen LogP contribution is -2.12. The smallest absolute Gasteiger partial charge is 0.311 e. The van der Waals surface area contributed by atoms with Crippen molar-refractivity contribution < 1.29 is 14.5 Å². The van der Waals surface area contributed by atoms with E-state index in [9.17, 15) is 14.9 Å². The van der Waals surface area contributed by atoms with Gasteiger partial charge in [0.1, 0.15) is 5.75 Å². The van der Waals surface area contributed by atoms with E-state index >= 15 is 0 Å². The van der Waals surface area contributed by atoms with E-state index < -0.39 is 0 Å². The molecule has 1 aromatic heterocycles. The number of hydrogen-bond acceptors (Lipinski definition) is 5. The third kappa shape index (κ3) is 5.05. The summed E-state index contributed by atoms with van der Waals surface area (Å²) in [6.45, 7) is 6.61. The van der Waals surface area contributed by atoms with Crippen LogP contribution in [0.25, 0.3) is 21.8 Å². The Bertz CT molecular complexity index is 1410. The highest BCUT2D eigenvalue weighted by atomic mass is 32.2. The zero-order valence-corrected chi connectivity index (χ0v) is 21.4. The first-order chi connectivity index (χ1) is 16.8. The van der Waals surface area contributed by atoms with Crippen molar-refractivity contribution in [2.75, 3.05) is 6.26 Å². The number of hydrogen-bond donors (Lipinski definition) is 0. The number of para-hydroxylation sites is 1. The van der Waals surface area contributed by atoms with Gasteiger partial charge in [-0.05, 0) is 41.9 Å². The number of benzene rings is 3. The lowest BCUT2D eigenvalue weighted by Gasteiger charge is -2.16. The average molecular weight is 491 g/mol. The SMILES string of the molecule is CCCc1cc(OC(=O)CC(C)C)c(SC)c2c1c1ccccc1n2Cc1cccc([N+](=O)[O-])c1. The van der Waals surface area contributed by atoms with Gasteiger partial charge in [-0.3, -0.25) is 14.9 Å². The van der Waals surface area contributed by atoms with Gasteiger partial charge in [0, 0.05) is 41.4 Å². The molecule has 0 saturated heterocycles. The Morgan fingerprint density at radius 1 is 1.14 bits per heavy atom. The third-order valence-corrected chi connectivity index (χ3v) is 6.82. The van der Waals surface area contributed by atoms with E-state index in [4.69, 9.17) is 4.74 Å². The van der Waals surface area contributed by atoms with E-state index in [0.29, 0.717) is 18.7 Å². The fourth-order valence-corrected chi connectivity index (χ4v) is 5.34. The Labute approximate surface area is 209 Å². The van der Waals surface area contributed by atoms with Crippen molar-refractivity contribution >= 4 is 45.2 Å². The molecule has 0 aliphatic heterocycles. The summed E-state index contributed by atoms with van der Waals surface area (Å²) in [5, 5.41) is 13.7. The quantitative estimate of drug-likeness (QED) is 0.0804. The molecule has 0 aliphatic rings. The molecule has 0 atom stereocenters. The van der Waals surface area contributed by atoms with Gasteiger partial charge >= 0.3 is 5.97 Å². The average Bonchev–Trinajstić information content (AvgIpc) is 3.13. The number of rotatable bonds is 9. The van der Waals surface area contributed by atoms with Crippen LogP contribution in [-0.4, -0.2) is 21.7 Å². The van der Waals surface area contributed by atoms with E-state index in [1.807, 2.05) is 44.4 Å². The van der Waals surface area contributed by atoms with Crippen LogP contribution in [0.3, 0.4) is 0 Å². The number of non-ortho nitro benzene ring substituents is 1. The molecule has 6 nitrogen and oxygen atoms in total. The van der Waals surface area contributed by atoms with Crippen molar-refractivity contribution in [1.29, 1.82) is 0 Å². The predicted molar refractivity (Wildman–Crippen MR) is 143 cm³/mol. The molecule has 0 aliphatic carbocycles. The molecule has 0 radical (unpaired) electrons. The first-order valence-corrected chi connectivity index (χ1v) is 13.1. The Hall–Kier alpha value is -3.32. The van der Waals surface area contributed by atoms with E-state index in [1.54, 1.807) is 23.9 Å². The van der Waals surface area contributed by atoms with Crippen LogP contribution >= 0.6 is 11.8 Å². The molecule has 0 N–H and O–H groups in total. The van der Waals surface area contributed by atoms with E-state index in [0.717, 1.165) is 50.7 Å². The van der Waals surface area contributed by atoms with Gasteiger partial charge in [-0.1, -0.05) is 57.5 Å². The molecule has 0 bridgehead atoms. The van der Waals surface area contributed by atoms with Crippen LogP contribution in [0.5, 0.6) is 5.75 Å². The molecule has 4 aromatic rings. The van der Waals surface area contributed by atoms with Crippen molar-refractivity contribution in [3.63, 3.8) is 0 Å². The first-order valence-electron chi connectivity index (χ1n) is 11.9. The maximum Gasteiger partial charge on any atom is 0.311 e. The number of nitrogens with zero attached hydrogens (tertiary/aromatic N) is 2. The largest absolute Gasteiger partial charge is 0.425 e. The second-order valence-corrected chi connectivity index (χ2v) is 9.96. The van der Waals surface area contributed by atoms with Gasteiger partial charge in [0.05, 0.1) is 15.3 Å².